The molecule has 1 aliphatic carbocycles. The lowest BCUT2D eigenvalue weighted by Crippen LogP contribution is -2.42. The summed E-state index contributed by atoms with van der Waals surface area (Å²) in [6.07, 6.45) is 4.24. The summed E-state index contributed by atoms with van der Waals surface area (Å²) in [6, 6.07) is 1.82. The third kappa shape index (κ3) is 3.46. The van der Waals surface area contributed by atoms with Crippen molar-refractivity contribution in [2.24, 2.45) is 0 Å². The van der Waals surface area contributed by atoms with Crippen LogP contribution in [0.2, 0.25) is 0 Å². The van der Waals surface area contributed by atoms with Gasteiger partial charge in [-0.2, -0.15) is 0 Å². The van der Waals surface area contributed by atoms with E-state index in [1.807, 2.05) is 0 Å². The van der Waals surface area contributed by atoms with Crippen molar-refractivity contribution < 1.29 is 13.6 Å². The number of hydrogen-bond donors (Lipinski definition) is 2. The topological polar surface area (TPSA) is 41.1 Å². The number of halogens is 2. The fraction of sp³-hybridized carbons (Fsp3) is 0.533. The molecule has 0 heterocycles. The van der Waals surface area contributed by atoms with Gasteiger partial charge in [-0.25, -0.2) is 8.78 Å². The molecule has 2 rings (SSSR count). The van der Waals surface area contributed by atoms with Crippen LogP contribution < -0.4 is 10.6 Å². The molecule has 1 aromatic carbocycles. The SMILES string of the molecule is Cc1cc(F)c(NC(C)C(=O)NC2CCCC2)cc1F. The van der Waals surface area contributed by atoms with Crippen molar-refractivity contribution in [1.82, 2.24) is 5.32 Å². The third-order valence-corrected chi connectivity index (χ3v) is 3.72. The van der Waals surface area contributed by atoms with Crippen molar-refractivity contribution >= 4 is 11.6 Å². The Labute approximate surface area is 117 Å². The van der Waals surface area contributed by atoms with Crippen molar-refractivity contribution in [2.75, 3.05) is 5.32 Å². The Morgan fingerprint density at radius 3 is 2.55 bits per heavy atom. The number of amides is 1. The van der Waals surface area contributed by atoms with Gasteiger partial charge in [0.25, 0.3) is 0 Å². The molecule has 3 nitrogen and oxygen atoms in total. The minimum absolute atomic E-state index is 0.0159. The molecule has 0 spiro atoms. The molecule has 1 fully saturated rings. The zero-order chi connectivity index (χ0) is 14.7. The van der Waals surface area contributed by atoms with Crippen LogP contribution in [0.1, 0.15) is 38.2 Å². The number of aryl methyl sites for hydroxylation is 1. The second-order valence-electron chi connectivity index (χ2n) is 5.44. The van der Waals surface area contributed by atoms with Gasteiger partial charge in [0, 0.05) is 12.1 Å². The molecular weight excluding hydrogens is 262 g/mol. The average molecular weight is 282 g/mol. The fourth-order valence-electron chi connectivity index (χ4n) is 2.45. The molecule has 1 aliphatic rings. The van der Waals surface area contributed by atoms with E-state index in [0.29, 0.717) is 0 Å². The normalized spacial score (nSPS) is 17.0. The first-order chi connectivity index (χ1) is 9.47. The van der Waals surface area contributed by atoms with Gasteiger partial charge in [0.15, 0.2) is 0 Å². The van der Waals surface area contributed by atoms with Crippen LogP contribution in [0.3, 0.4) is 0 Å². The molecule has 0 aliphatic heterocycles. The summed E-state index contributed by atoms with van der Waals surface area (Å²) in [7, 11) is 0. The van der Waals surface area contributed by atoms with Crippen LogP contribution in [0.15, 0.2) is 12.1 Å². The summed E-state index contributed by atoms with van der Waals surface area (Å²) in [5.41, 5.74) is 0.262. The Bertz CT molecular complexity index is 499. The zero-order valence-electron chi connectivity index (χ0n) is 11.8. The fourth-order valence-corrected chi connectivity index (χ4v) is 2.45. The minimum Gasteiger partial charge on any atom is -0.371 e. The molecule has 1 atom stereocenters. The largest absolute Gasteiger partial charge is 0.371 e. The van der Waals surface area contributed by atoms with Gasteiger partial charge in [0.05, 0.1) is 5.69 Å². The summed E-state index contributed by atoms with van der Waals surface area (Å²) >= 11 is 0. The van der Waals surface area contributed by atoms with E-state index in [2.05, 4.69) is 10.6 Å². The quantitative estimate of drug-likeness (QED) is 0.890. The molecule has 1 saturated carbocycles. The van der Waals surface area contributed by atoms with E-state index in [9.17, 15) is 13.6 Å². The lowest BCUT2D eigenvalue weighted by Gasteiger charge is -2.19. The van der Waals surface area contributed by atoms with Crippen LogP contribution in [0.25, 0.3) is 0 Å². The van der Waals surface area contributed by atoms with Crippen LogP contribution >= 0.6 is 0 Å². The highest BCUT2D eigenvalue weighted by molar-refractivity contribution is 5.84. The van der Waals surface area contributed by atoms with Crippen LogP contribution in [0.5, 0.6) is 0 Å². The van der Waals surface area contributed by atoms with E-state index in [1.165, 1.54) is 6.92 Å². The number of rotatable bonds is 4. The summed E-state index contributed by atoms with van der Waals surface area (Å²) in [6.45, 7) is 3.14. The Kier molecular flexibility index (Phi) is 4.57. The molecule has 0 radical (unpaired) electrons. The van der Waals surface area contributed by atoms with Gasteiger partial charge in [-0.1, -0.05) is 12.8 Å². The molecular formula is C15H20F2N2O. The van der Waals surface area contributed by atoms with Crippen LogP contribution in [0.4, 0.5) is 14.5 Å². The maximum absolute atomic E-state index is 13.7. The molecule has 1 amide bonds. The molecule has 1 aromatic rings. The first kappa shape index (κ1) is 14.8. The molecule has 110 valence electrons. The van der Waals surface area contributed by atoms with Crippen LogP contribution in [-0.4, -0.2) is 18.0 Å². The highest BCUT2D eigenvalue weighted by Crippen LogP contribution is 2.20. The van der Waals surface area contributed by atoms with Crippen LogP contribution in [-0.2, 0) is 4.79 Å². The molecule has 20 heavy (non-hydrogen) atoms. The van der Waals surface area contributed by atoms with Gasteiger partial charge < -0.3 is 10.6 Å². The molecule has 5 heteroatoms. The standard InChI is InChI=1S/C15H20F2N2O/c1-9-7-13(17)14(8-12(9)16)18-10(2)15(20)19-11-5-3-4-6-11/h7-8,10-11,18H,3-6H2,1-2H3,(H,19,20). The van der Waals surface area contributed by atoms with Crippen molar-refractivity contribution in [2.45, 2.75) is 51.6 Å². The number of benzene rings is 1. The number of hydrogen-bond acceptors (Lipinski definition) is 2. The van der Waals surface area contributed by atoms with E-state index in [-0.39, 0.29) is 23.2 Å². The summed E-state index contributed by atoms with van der Waals surface area (Å²) in [4.78, 5) is 12.0. The van der Waals surface area contributed by atoms with E-state index in [1.54, 1.807) is 6.92 Å². The molecule has 2 N–H and O–H groups in total. The Morgan fingerprint density at radius 1 is 1.25 bits per heavy atom. The smallest absolute Gasteiger partial charge is 0.242 e. The van der Waals surface area contributed by atoms with E-state index in [4.69, 9.17) is 0 Å². The van der Waals surface area contributed by atoms with Gasteiger partial charge in [-0.05, 0) is 38.3 Å². The number of carbonyl (C=O) groups excluding carboxylic acids is 1. The monoisotopic (exact) mass is 282 g/mol. The highest BCUT2D eigenvalue weighted by Gasteiger charge is 2.21. The Hall–Kier alpha value is -1.65. The van der Waals surface area contributed by atoms with Gasteiger partial charge in [0.1, 0.15) is 17.7 Å². The Morgan fingerprint density at radius 2 is 1.90 bits per heavy atom. The summed E-state index contributed by atoms with van der Waals surface area (Å²) < 4.78 is 27.1. The predicted octanol–water partition coefficient (Wildman–Crippen LogP) is 3.13. The summed E-state index contributed by atoms with van der Waals surface area (Å²) in [5.74, 6) is -1.22. The number of nitrogens with one attached hydrogen (secondary N) is 2. The zero-order valence-corrected chi connectivity index (χ0v) is 11.8. The molecule has 0 bridgehead atoms. The predicted molar refractivity (Wildman–Crippen MR) is 74.6 cm³/mol. The van der Waals surface area contributed by atoms with E-state index in [0.717, 1.165) is 37.8 Å². The lowest BCUT2D eigenvalue weighted by molar-refractivity contribution is -0.122. The maximum Gasteiger partial charge on any atom is 0.242 e. The minimum atomic E-state index is -0.604. The number of anilines is 1. The van der Waals surface area contributed by atoms with Crippen molar-refractivity contribution in [3.63, 3.8) is 0 Å². The second-order valence-corrected chi connectivity index (χ2v) is 5.44. The second kappa shape index (κ2) is 6.20. The highest BCUT2D eigenvalue weighted by atomic mass is 19.1. The first-order valence-electron chi connectivity index (χ1n) is 7.00. The Balaban J connectivity index is 1.98. The van der Waals surface area contributed by atoms with E-state index < -0.39 is 17.7 Å². The number of carbonyl (C=O) groups is 1. The van der Waals surface area contributed by atoms with Crippen molar-refractivity contribution in [3.8, 4) is 0 Å². The summed E-state index contributed by atoms with van der Waals surface area (Å²) in [5, 5.41) is 5.65. The van der Waals surface area contributed by atoms with E-state index >= 15 is 0 Å². The average Bonchev–Trinajstić information content (AvgIpc) is 2.88. The van der Waals surface area contributed by atoms with Gasteiger partial charge in [-0.15, -0.1) is 0 Å². The third-order valence-electron chi connectivity index (χ3n) is 3.72. The van der Waals surface area contributed by atoms with Gasteiger partial charge in [0.2, 0.25) is 5.91 Å². The van der Waals surface area contributed by atoms with Gasteiger partial charge >= 0.3 is 0 Å². The van der Waals surface area contributed by atoms with Crippen molar-refractivity contribution in [1.29, 1.82) is 0 Å². The first-order valence-corrected chi connectivity index (χ1v) is 7.00. The maximum atomic E-state index is 13.7. The molecule has 0 saturated heterocycles. The molecule has 0 aromatic heterocycles. The lowest BCUT2D eigenvalue weighted by atomic mass is 10.1. The molecule has 1 unspecified atom stereocenters. The van der Waals surface area contributed by atoms with Crippen molar-refractivity contribution in [3.05, 3.63) is 29.3 Å². The van der Waals surface area contributed by atoms with Crippen LogP contribution in [0, 0.1) is 18.6 Å². The van der Waals surface area contributed by atoms with Gasteiger partial charge in [-0.3, -0.25) is 4.79 Å².